The number of carboxylic acid groups (broad SMARTS) is 1. The van der Waals surface area contributed by atoms with Crippen molar-refractivity contribution < 1.29 is 42.1 Å². The number of carbonyl (C=O) groups excluding carboxylic acids is 2. The van der Waals surface area contributed by atoms with Crippen molar-refractivity contribution in [3.8, 4) is 11.1 Å². The van der Waals surface area contributed by atoms with Crippen molar-refractivity contribution in [2.45, 2.75) is 18.1 Å². The summed E-state index contributed by atoms with van der Waals surface area (Å²) in [4.78, 5) is 35.5. The Bertz CT molecular complexity index is 1010. The van der Waals surface area contributed by atoms with E-state index in [2.05, 4.69) is 5.32 Å². The summed E-state index contributed by atoms with van der Waals surface area (Å²) in [5, 5.41) is 12.9. The maximum atomic E-state index is 12.8. The number of carboxylic acids is 1. The topological polar surface area (TPSA) is 114 Å². The number of halogens is 3. The number of amides is 2. The van der Waals surface area contributed by atoms with E-state index in [4.69, 9.17) is 14.6 Å². The van der Waals surface area contributed by atoms with Gasteiger partial charge in [-0.15, -0.1) is 0 Å². The van der Waals surface area contributed by atoms with Crippen LogP contribution in [0.1, 0.15) is 17.0 Å². The number of nitrogens with one attached hydrogen (secondary N) is 2. The Hall–Kier alpha value is -3.60. The summed E-state index contributed by atoms with van der Waals surface area (Å²) in [6, 6.07) is 14.0. The number of aliphatic carboxylic acids is 1. The lowest BCUT2D eigenvalue weighted by atomic mass is 9.98. The lowest BCUT2D eigenvalue weighted by Crippen LogP contribution is -2.52. The van der Waals surface area contributed by atoms with E-state index in [1.807, 2.05) is 53.8 Å². The van der Waals surface area contributed by atoms with Crippen LogP contribution >= 0.6 is 0 Å². The third-order valence-corrected chi connectivity index (χ3v) is 5.46. The van der Waals surface area contributed by atoms with Gasteiger partial charge in [-0.1, -0.05) is 48.5 Å². The first kappa shape index (κ1) is 25.0. The molecule has 0 fully saturated rings. The van der Waals surface area contributed by atoms with Crippen molar-refractivity contribution >= 4 is 18.0 Å². The fraction of sp³-hybridized carbons (Fsp3) is 0.348. The molecular weight excluding hydrogens is 457 g/mol. The minimum atomic E-state index is -5.05. The van der Waals surface area contributed by atoms with E-state index in [0.29, 0.717) is 0 Å². The monoisotopic (exact) mass is 480 g/mol. The van der Waals surface area contributed by atoms with Crippen molar-refractivity contribution in [3.05, 3.63) is 59.7 Å². The highest BCUT2D eigenvalue weighted by molar-refractivity contribution is 5.86. The van der Waals surface area contributed by atoms with Crippen LogP contribution in [0, 0.1) is 5.92 Å². The fourth-order valence-corrected chi connectivity index (χ4v) is 3.80. The number of benzene rings is 2. The highest BCUT2D eigenvalue weighted by Gasteiger charge is 2.45. The quantitative estimate of drug-likeness (QED) is 0.509. The van der Waals surface area contributed by atoms with Crippen LogP contribution in [-0.2, 0) is 19.1 Å². The zero-order chi connectivity index (χ0) is 24.9. The van der Waals surface area contributed by atoms with Crippen LogP contribution in [0.2, 0.25) is 0 Å². The van der Waals surface area contributed by atoms with E-state index in [9.17, 15) is 27.6 Å². The summed E-state index contributed by atoms with van der Waals surface area (Å²) in [5.41, 5.74) is 4.02. The average Bonchev–Trinajstić information content (AvgIpc) is 3.10. The molecule has 2 aromatic carbocycles. The minimum Gasteiger partial charge on any atom is -0.481 e. The van der Waals surface area contributed by atoms with Crippen LogP contribution in [0.3, 0.4) is 0 Å². The molecule has 34 heavy (non-hydrogen) atoms. The maximum absolute atomic E-state index is 12.8. The molecule has 0 heterocycles. The summed E-state index contributed by atoms with van der Waals surface area (Å²) >= 11 is 0. The number of alkyl halides is 3. The Labute approximate surface area is 193 Å². The second-order valence-corrected chi connectivity index (χ2v) is 7.66. The third-order valence-electron chi connectivity index (χ3n) is 5.46. The number of carbonyl (C=O) groups is 3. The SMILES string of the molecule is COCC(NC(=O)OCC1c2ccccc2-c2ccccc21)C(=O)NCC(C(=O)O)C(F)(F)F. The number of hydrogen-bond acceptors (Lipinski definition) is 5. The van der Waals surface area contributed by atoms with Gasteiger partial charge in [0.2, 0.25) is 5.91 Å². The van der Waals surface area contributed by atoms with Gasteiger partial charge in [0.1, 0.15) is 12.6 Å². The first-order chi connectivity index (χ1) is 16.1. The molecule has 0 bridgehead atoms. The number of alkyl carbamates (subject to hydrolysis) is 1. The number of fused-ring (bicyclic) bond motifs is 3. The van der Waals surface area contributed by atoms with E-state index in [-0.39, 0.29) is 19.1 Å². The van der Waals surface area contributed by atoms with E-state index >= 15 is 0 Å². The molecule has 3 rings (SSSR count). The number of methoxy groups -OCH3 is 1. The van der Waals surface area contributed by atoms with Crippen LogP contribution in [0.25, 0.3) is 11.1 Å². The Balaban J connectivity index is 1.61. The predicted octanol–water partition coefficient (Wildman–Crippen LogP) is 2.92. The Morgan fingerprint density at radius 3 is 2.09 bits per heavy atom. The number of hydrogen-bond donors (Lipinski definition) is 3. The van der Waals surface area contributed by atoms with Crippen LogP contribution in [0.15, 0.2) is 48.5 Å². The summed E-state index contributed by atoms with van der Waals surface area (Å²) in [6.45, 7) is -1.58. The van der Waals surface area contributed by atoms with E-state index < -0.39 is 42.7 Å². The molecule has 0 radical (unpaired) electrons. The third kappa shape index (κ3) is 5.66. The molecule has 1 aliphatic carbocycles. The van der Waals surface area contributed by atoms with Crippen LogP contribution < -0.4 is 10.6 Å². The molecule has 8 nitrogen and oxygen atoms in total. The molecule has 182 valence electrons. The van der Waals surface area contributed by atoms with E-state index in [0.717, 1.165) is 22.3 Å². The van der Waals surface area contributed by atoms with Gasteiger partial charge in [0, 0.05) is 19.6 Å². The predicted molar refractivity (Wildman–Crippen MR) is 114 cm³/mol. The number of rotatable bonds is 9. The molecule has 0 spiro atoms. The van der Waals surface area contributed by atoms with Crippen LogP contribution in [-0.4, -0.2) is 62.2 Å². The average molecular weight is 480 g/mol. The number of ether oxygens (including phenoxy) is 2. The second kappa shape index (κ2) is 10.6. The molecule has 0 saturated heterocycles. The van der Waals surface area contributed by atoms with Gasteiger partial charge >= 0.3 is 18.2 Å². The summed E-state index contributed by atoms with van der Waals surface area (Å²) in [7, 11) is 1.23. The van der Waals surface area contributed by atoms with Crippen molar-refractivity contribution in [2.75, 3.05) is 26.9 Å². The van der Waals surface area contributed by atoms with Crippen molar-refractivity contribution in [2.24, 2.45) is 5.92 Å². The summed E-state index contributed by atoms with van der Waals surface area (Å²) in [5.74, 6) is -6.17. The van der Waals surface area contributed by atoms with Crippen LogP contribution in [0.4, 0.5) is 18.0 Å². The highest BCUT2D eigenvalue weighted by Crippen LogP contribution is 2.44. The highest BCUT2D eigenvalue weighted by atomic mass is 19.4. The first-order valence-corrected chi connectivity index (χ1v) is 10.3. The molecule has 2 aromatic rings. The molecule has 0 aromatic heterocycles. The minimum absolute atomic E-state index is 0.0314. The molecule has 0 saturated carbocycles. The van der Waals surface area contributed by atoms with E-state index in [1.165, 1.54) is 7.11 Å². The standard InChI is InChI=1S/C23H23F3N2O6/c1-33-12-19(20(29)27-10-18(21(30)31)23(24,25)26)28-22(32)34-11-17-15-8-4-2-6-13(15)14-7-3-5-9-16(14)17/h2-9,17-19H,10-12H2,1H3,(H,27,29)(H,28,32)(H,30,31). The van der Waals surface area contributed by atoms with Gasteiger partial charge in [0.05, 0.1) is 6.61 Å². The first-order valence-electron chi connectivity index (χ1n) is 10.3. The second-order valence-electron chi connectivity index (χ2n) is 7.66. The zero-order valence-electron chi connectivity index (χ0n) is 18.1. The summed E-state index contributed by atoms with van der Waals surface area (Å²) < 4.78 is 48.6. The van der Waals surface area contributed by atoms with Gasteiger partial charge in [-0.25, -0.2) is 4.79 Å². The van der Waals surface area contributed by atoms with Crippen molar-refractivity contribution in [3.63, 3.8) is 0 Å². The van der Waals surface area contributed by atoms with Gasteiger partial charge in [0.25, 0.3) is 0 Å². The molecule has 2 unspecified atom stereocenters. The zero-order valence-corrected chi connectivity index (χ0v) is 18.1. The Kier molecular flexibility index (Phi) is 7.77. The normalized spacial score (nSPS) is 14.5. The summed E-state index contributed by atoms with van der Waals surface area (Å²) in [6.07, 6.45) is -6.01. The lowest BCUT2D eigenvalue weighted by molar-refractivity contribution is -0.192. The molecule has 3 N–H and O–H groups in total. The molecule has 1 aliphatic rings. The molecule has 2 atom stereocenters. The van der Waals surface area contributed by atoms with Crippen molar-refractivity contribution in [1.29, 1.82) is 0 Å². The molecule has 0 aliphatic heterocycles. The van der Waals surface area contributed by atoms with Gasteiger partial charge in [0.15, 0.2) is 5.92 Å². The van der Waals surface area contributed by atoms with Crippen molar-refractivity contribution in [1.82, 2.24) is 10.6 Å². The smallest absolute Gasteiger partial charge is 0.407 e. The molecular formula is C23H23F3N2O6. The van der Waals surface area contributed by atoms with Crippen LogP contribution in [0.5, 0.6) is 0 Å². The molecule has 2 amide bonds. The molecule has 11 heteroatoms. The Morgan fingerprint density at radius 2 is 1.59 bits per heavy atom. The maximum Gasteiger partial charge on any atom is 0.407 e. The van der Waals surface area contributed by atoms with E-state index in [1.54, 1.807) is 0 Å². The lowest BCUT2D eigenvalue weighted by Gasteiger charge is -2.21. The van der Waals surface area contributed by atoms with Gasteiger partial charge in [-0.05, 0) is 22.3 Å². The largest absolute Gasteiger partial charge is 0.481 e. The van der Waals surface area contributed by atoms with Gasteiger partial charge in [-0.3, -0.25) is 9.59 Å². The van der Waals surface area contributed by atoms with Gasteiger partial charge in [-0.2, -0.15) is 13.2 Å². The fourth-order valence-electron chi connectivity index (χ4n) is 3.80. The Morgan fingerprint density at radius 1 is 1.03 bits per heavy atom. The van der Waals surface area contributed by atoms with Gasteiger partial charge < -0.3 is 25.2 Å².